The van der Waals surface area contributed by atoms with Gasteiger partial charge in [0.15, 0.2) is 0 Å². The van der Waals surface area contributed by atoms with Crippen molar-refractivity contribution in [2.45, 2.75) is 26.7 Å². The monoisotopic (exact) mass is 252 g/mol. The molecule has 1 aromatic carbocycles. The van der Waals surface area contributed by atoms with E-state index in [1.165, 1.54) is 38.1 Å². The molecule has 0 heterocycles. The van der Waals surface area contributed by atoms with E-state index in [0.29, 0.717) is 18.5 Å². The molecule has 0 amide bonds. The molecule has 0 bridgehead atoms. The van der Waals surface area contributed by atoms with Crippen LogP contribution in [0.5, 0.6) is 0 Å². The number of nitrogen functional groups attached to an aromatic ring is 1. The van der Waals surface area contributed by atoms with Crippen LogP contribution in [-0.2, 0) is 9.59 Å². The zero-order chi connectivity index (χ0) is 14.1. The van der Waals surface area contributed by atoms with E-state index in [-0.39, 0.29) is 17.3 Å². The Bertz CT molecular complexity index is 412. The third-order valence-electron chi connectivity index (χ3n) is 1.93. The van der Waals surface area contributed by atoms with Crippen LogP contribution in [-0.4, -0.2) is 16.5 Å². The summed E-state index contributed by atoms with van der Waals surface area (Å²) in [4.78, 5) is 30.0. The molecule has 0 saturated heterocycles. The minimum atomic E-state index is -0.459. The van der Waals surface area contributed by atoms with E-state index in [4.69, 9.17) is 5.73 Å². The molecule has 0 unspecified atom stereocenters. The van der Waals surface area contributed by atoms with Gasteiger partial charge < -0.3 is 15.3 Å². The Kier molecular flexibility index (Phi) is 6.95. The second kappa shape index (κ2) is 7.94. The third-order valence-corrected chi connectivity index (χ3v) is 1.93. The minimum Gasteiger partial charge on any atom is -0.399 e. The fourth-order valence-electron chi connectivity index (χ4n) is 0.948. The smallest absolute Gasteiger partial charge is 0.269 e. The lowest BCUT2D eigenvalue weighted by Crippen LogP contribution is -1.95. The van der Waals surface area contributed by atoms with E-state index in [9.17, 15) is 19.7 Å². The van der Waals surface area contributed by atoms with Crippen molar-refractivity contribution < 1.29 is 14.5 Å². The van der Waals surface area contributed by atoms with Crippen LogP contribution >= 0.6 is 0 Å². The first-order valence-corrected chi connectivity index (χ1v) is 5.31. The molecule has 0 fully saturated rings. The summed E-state index contributed by atoms with van der Waals surface area (Å²) < 4.78 is 0. The molecule has 6 heteroatoms. The van der Waals surface area contributed by atoms with Crippen molar-refractivity contribution >= 4 is 22.9 Å². The number of carbonyl (C=O) groups is 2. The number of non-ortho nitro benzene ring substituents is 1. The molecule has 0 atom stereocenters. The molecule has 6 nitrogen and oxygen atoms in total. The second-order valence-corrected chi connectivity index (χ2v) is 3.75. The number of nitro benzene ring substituents is 1. The van der Waals surface area contributed by atoms with E-state index in [1.54, 1.807) is 0 Å². The van der Waals surface area contributed by atoms with Gasteiger partial charge in [-0.25, -0.2) is 0 Å². The van der Waals surface area contributed by atoms with Gasteiger partial charge in [-0.05, 0) is 26.0 Å². The zero-order valence-electron chi connectivity index (χ0n) is 10.4. The quantitative estimate of drug-likeness (QED) is 0.502. The van der Waals surface area contributed by atoms with Crippen molar-refractivity contribution in [2.24, 2.45) is 0 Å². The summed E-state index contributed by atoms with van der Waals surface area (Å²) in [6.45, 7) is 2.98. The van der Waals surface area contributed by atoms with Gasteiger partial charge in [0.1, 0.15) is 11.6 Å². The normalized spacial score (nSPS) is 9.00. The van der Waals surface area contributed by atoms with Gasteiger partial charge in [-0.15, -0.1) is 0 Å². The summed E-state index contributed by atoms with van der Waals surface area (Å²) in [5, 5.41) is 10.1. The average molecular weight is 252 g/mol. The van der Waals surface area contributed by atoms with Gasteiger partial charge in [-0.1, -0.05) is 0 Å². The van der Waals surface area contributed by atoms with Crippen LogP contribution in [0.1, 0.15) is 26.7 Å². The van der Waals surface area contributed by atoms with Crippen LogP contribution in [0, 0.1) is 10.1 Å². The fraction of sp³-hybridized carbons (Fsp3) is 0.333. The van der Waals surface area contributed by atoms with E-state index < -0.39 is 4.92 Å². The summed E-state index contributed by atoms with van der Waals surface area (Å²) in [5.74, 6) is 0.167. The molecule has 0 aliphatic carbocycles. The highest BCUT2D eigenvalue weighted by Crippen LogP contribution is 2.11. The topological polar surface area (TPSA) is 103 Å². The Morgan fingerprint density at radius 3 is 1.78 bits per heavy atom. The standard InChI is InChI=1S/C6H6N2O2.C6H10O2/c7-5-1-3-6(4-2-5)8(9)10;1-5(7)3-4-6(2)8/h1-4H,7H2;3-4H2,1-2H3. The van der Waals surface area contributed by atoms with E-state index in [0.717, 1.165) is 0 Å². The fourth-order valence-corrected chi connectivity index (χ4v) is 0.948. The Morgan fingerprint density at radius 1 is 1.11 bits per heavy atom. The Labute approximate surface area is 105 Å². The number of carbonyl (C=O) groups excluding carboxylic acids is 2. The first-order chi connectivity index (χ1) is 8.32. The highest BCUT2D eigenvalue weighted by atomic mass is 16.6. The summed E-state index contributed by atoms with van der Waals surface area (Å²) in [7, 11) is 0. The third kappa shape index (κ3) is 7.98. The maximum absolute atomic E-state index is 10.2. The van der Waals surface area contributed by atoms with Crippen LogP contribution in [0.4, 0.5) is 11.4 Å². The predicted molar refractivity (Wildman–Crippen MR) is 68.1 cm³/mol. The molecule has 0 saturated carbocycles. The van der Waals surface area contributed by atoms with Gasteiger partial charge in [-0.2, -0.15) is 0 Å². The molecule has 1 aromatic rings. The second-order valence-electron chi connectivity index (χ2n) is 3.75. The number of benzene rings is 1. The Hall–Kier alpha value is -2.24. The molecule has 2 N–H and O–H groups in total. The van der Waals surface area contributed by atoms with Crippen LogP contribution in [0.15, 0.2) is 24.3 Å². The van der Waals surface area contributed by atoms with Crippen molar-refractivity contribution in [3.8, 4) is 0 Å². The molecular weight excluding hydrogens is 236 g/mol. The van der Waals surface area contributed by atoms with Crippen LogP contribution < -0.4 is 5.73 Å². The summed E-state index contributed by atoms with van der Waals surface area (Å²) in [6.07, 6.45) is 0.796. The Balaban J connectivity index is 0.000000331. The molecule has 1 rings (SSSR count). The number of anilines is 1. The van der Waals surface area contributed by atoms with Crippen LogP contribution in [0.2, 0.25) is 0 Å². The van der Waals surface area contributed by atoms with E-state index in [2.05, 4.69) is 0 Å². The number of nitro groups is 1. The highest BCUT2D eigenvalue weighted by Gasteiger charge is 2.01. The van der Waals surface area contributed by atoms with Gasteiger partial charge >= 0.3 is 0 Å². The maximum atomic E-state index is 10.2. The van der Waals surface area contributed by atoms with Crippen LogP contribution in [0.3, 0.4) is 0 Å². The molecule has 0 radical (unpaired) electrons. The maximum Gasteiger partial charge on any atom is 0.269 e. The molecule has 0 aromatic heterocycles. The molecule has 18 heavy (non-hydrogen) atoms. The minimum absolute atomic E-state index is 0.0641. The number of nitrogens with two attached hydrogens (primary N) is 1. The molecule has 0 aliphatic rings. The molecule has 0 aliphatic heterocycles. The lowest BCUT2D eigenvalue weighted by Gasteiger charge is -1.90. The van der Waals surface area contributed by atoms with Crippen molar-refractivity contribution in [1.82, 2.24) is 0 Å². The highest BCUT2D eigenvalue weighted by molar-refractivity contribution is 5.83. The lowest BCUT2D eigenvalue weighted by atomic mass is 10.2. The van der Waals surface area contributed by atoms with Gasteiger partial charge in [0, 0.05) is 30.7 Å². The largest absolute Gasteiger partial charge is 0.399 e. The van der Waals surface area contributed by atoms with Crippen molar-refractivity contribution in [3.05, 3.63) is 34.4 Å². The number of Topliss-reactive ketones (excluding diaryl/α,β-unsaturated/α-hetero) is 2. The predicted octanol–water partition coefficient (Wildman–Crippen LogP) is 2.12. The van der Waals surface area contributed by atoms with Gasteiger partial charge in [0.2, 0.25) is 0 Å². The number of hydrogen-bond acceptors (Lipinski definition) is 5. The van der Waals surface area contributed by atoms with Gasteiger partial charge in [-0.3, -0.25) is 10.1 Å². The number of nitrogens with zero attached hydrogens (tertiary/aromatic N) is 1. The SMILES string of the molecule is CC(=O)CCC(C)=O.Nc1ccc([N+](=O)[O-])cc1. The van der Waals surface area contributed by atoms with E-state index >= 15 is 0 Å². The van der Waals surface area contributed by atoms with Crippen molar-refractivity contribution in [3.63, 3.8) is 0 Å². The summed E-state index contributed by atoms with van der Waals surface area (Å²) in [5.41, 5.74) is 5.90. The number of ketones is 2. The first kappa shape index (κ1) is 15.8. The average Bonchev–Trinajstić information content (AvgIpc) is 2.28. The zero-order valence-corrected chi connectivity index (χ0v) is 10.4. The molecular formula is C12H16N2O4. The molecule has 0 spiro atoms. The number of rotatable bonds is 4. The van der Waals surface area contributed by atoms with Crippen molar-refractivity contribution in [1.29, 1.82) is 0 Å². The van der Waals surface area contributed by atoms with Crippen molar-refractivity contribution in [2.75, 3.05) is 5.73 Å². The summed E-state index contributed by atoms with van der Waals surface area (Å²) in [6, 6.07) is 5.74. The number of hydrogen-bond donors (Lipinski definition) is 1. The first-order valence-electron chi connectivity index (χ1n) is 5.31. The lowest BCUT2D eigenvalue weighted by molar-refractivity contribution is -0.384. The van der Waals surface area contributed by atoms with Gasteiger partial charge in [0.25, 0.3) is 5.69 Å². The van der Waals surface area contributed by atoms with Gasteiger partial charge in [0.05, 0.1) is 4.92 Å². The Morgan fingerprint density at radius 2 is 1.50 bits per heavy atom. The molecule has 98 valence electrons. The summed E-state index contributed by atoms with van der Waals surface area (Å²) >= 11 is 0. The van der Waals surface area contributed by atoms with E-state index in [1.807, 2.05) is 0 Å². The van der Waals surface area contributed by atoms with Crippen LogP contribution in [0.25, 0.3) is 0 Å².